The number of hydrogen-bond acceptors (Lipinski definition) is 2. The lowest BCUT2D eigenvalue weighted by atomic mass is 9.87. The van der Waals surface area contributed by atoms with E-state index in [1.165, 1.54) is 17.7 Å². The van der Waals surface area contributed by atoms with E-state index in [2.05, 4.69) is 36.7 Å². The first-order valence-corrected chi connectivity index (χ1v) is 8.40. The molecule has 0 heterocycles. The van der Waals surface area contributed by atoms with Gasteiger partial charge in [-0.1, -0.05) is 45.0 Å². The molecule has 0 saturated heterocycles. The number of anilines is 1. The van der Waals surface area contributed by atoms with Crippen LogP contribution >= 0.6 is 0 Å². The van der Waals surface area contributed by atoms with Crippen molar-refractivity contribution in [2.24, 2.45) is 0 Å². The highest BCUT2D eigenvalue weighted by Crippen LogP contribution is 2.23. The second-order valence-electron chi connectivity index (χ2n) is 7.04. The van der Waals surface area contributed by atoms with Crippen LogP contribution in [0.4, 0.5) is 14.9 Å². The quantitative estimate of drug-likeness (QED) is 0.766. The summed E-state index contributed by atoms with van der Waals surface area (Å²) in [7, 11) is 0. The molecule has 5 nitrogen and oxygen atoms in total. The second-order valence-corrected chi connectivity index (χ2v) is 7.04. The highest BCUT2D eigenvalue weighted by atomic mass is 19.1. The van der Waals surface area contributed by atoms with Gasteiger partial charge in [0, 0.05) is 12.2 Å². The first kappa shape index (κ1) is 19.4. The third kappa shape index (κ3) is 6.20. The number of nitrogens with one attached hydrogen (secondary N) is 3. The molecule has 0 atom stereocenters. The highest BCUT2D eigenvalue weighted by Gasteiger charge is 2.13. The molecule has 0 unspecified atom stereocenters. The molecule has 0 aliphatic carbocycles. The fourth-order valence-electron chi connectivity index (χ4n) is 2.27. The Balaban J connectivity index is 1.74. The van der Waals surface area contributed by atoms with Gasteiger partial charge in [-0.2, -0.15) is 0 Å². The minimum absolute atomic E-state index is 0.0483. The Morgan fingerprint density at radius 1 is 0.923 bits per heavy atom. The average molecular weight is 357 g/mol. The molecule has 0 radical (unpaired) electrons. The topological polar surface area (TPSA) is 70.2 Å². The fraction of sp³-hybridized carbons (Fsp3) is 0.300. The van der Waals surface area contributed by atoms with Crippen LogP contribution in [0.2, 0.25) is 0 Å². The third-order valence-corrected chi connectivity index (χ3v) is 3.81. The summed E-state index contributed by atoms with van der Waals surface area (Å²) in [6, 6.07) is 13.0. The minimum atomic E-state index is -0.465. The van der Waals surface area contributed by atoms with Crippen LogP contribution in [0, 0.1) is 5.82 Å². The highest BCUT2D eigenvalue weighted by molar-refractivity contribution is 5.94. The molecule has 6 heteroatoms. The Morgan fingerprint density at radius 3 is 2.12 bits per heavy atom. The molecule has 0 fully saturated rings. The Hall–Kier alpha value is -2.89. The van der Waals surface area contributed by atoms with E-state index >= 15 is 0 Å². The largest absolute Gasteiger partial charge is 0.334 e. The molecule has 138 valence electrons. The molecular formula is C20H24FN3O2. The van der Waals surface area contributed by atoms with Crippen molar-refractivity contribution in [1.82, 2.24) is 10.6 Å². The van der Waals surface area contributed by atoms with Gasteiger partial charge in [0.1, 0.15) is 5.82 Å². The molecule has 3 N–H and O–H groups in total. The number of benzene rings is 2. The van der Waals surface area contributed by atoms with Gasteiger partial charge in [-0.15, -0.1) is 0 Å². The maximum absolute atomic E-state index is 12.8. The number of carbonyl (C=O) groups is 2. The van der Waals surface area contributed by atoms with E-state index in [1.807, 2.05) is 24.3 Å². The summed E-state index contributed by atoms with van der Waals surface area (Å²) >= 11 is 0. The lowest BCUT2D eigenvalue weighted by Gasteiger charge is -2.19. The van der Waals surface area contributed by atoms with Gasteiger partial charge in [0.2, 0.25) is 5.91 Å². The van der Waals surface area contributed by atoms with Crippen molar-refractivity contribution in [2.45, 2.75) is 32.7 Å². The molecular weight excluding hydrogens is 333 g/mol. The Bertz CT molecular complexity index is 750. The van der Waals surface area contributed by atoms with Gasteiger partial charge in [0.15, 0.2) is 0 Å². The second kappa shape index (κ2) is 8.47. The van der Waals surface area contributed by atoms with E-state index in [9.17, 15) is 14.0 Å². The summed E-state index contributed by atoms with van der Waals surface area (Å²) in [6.07, 6.45) is 0. The van der Waals surface area contributed by atoms with Crippen molar-refractivity contribution < 1.29 is 14.0 Å². The number of amides is 3. The van der Waals surface area contributed by atoms with Crippen molar-refractivity contribution in [3.05, 3.63) is 65.5 Å². The van der Waals surface area contributed by atoms with Crippen LogP contribution in [0.1, 0.15) is 31.9 Å². The number of urea groups is 1. The van der Waals surface area contributed by atoms with Gasteiger partial charge in [-0.25, -0.2) is 9.18 Å². The van der Waals surface area contributed by atoms with Crippen molar-refractivity contribution in [3.63, 3.8) is 0 Å². The number of carbonyl (C=O) groups excluding carboxylic acids is 2. The molecule has 3 amide bonds. The van der Waals surface area contributed by atoms with Crippen LogP contribution in [0.25, 0.3) is 0 Å². The van der Waals surface area contributed by atoms with Crippen LogP contribution in [-0.2, 0) is 16.8 Å². The Labute approximate surface area is 153 Å². The van der Waals surface area contributed by atoms with Crippen LogP contribution in [0.15, 0.2) is 48.5 Å². The van der Waals surface area contributed by atoms with E-state index in [-0.39, 0.29) is 30.2 Å². The van der Waals surface area contributed by atoms with Gasteiger partial charge >= 0.3 is 6.03 Å². The molecule has 2 rings (SSSR count). The molecule has 0 aromatic heterocycles. The van der Waals surface area contributed by atoms with E-state index in [0.29, 0.717) is 5.69 Å². The van der Waals surface area contributed by atoms with Crippen molar-refractivity contribution in [2.75, 3.05) is 11.9 Å². The number of hydrogen-bond donors (Lipinski definition) is 3. The minimum Gasteiger partial charge on any atom is -0.334 e. The number of rotatable bonds is 5. The van der Waals surface area contributed by atoms with E-state index in [0.717, 1.165) is 5.56 Å². The predicted molar refractivity (Wildman–Crippen MR) is 100 cm³/mol. The third-order valence-electron chi connectivity index (χ3n) is 3.81. The molecule has 2 aromatic carbocycles. The smallest absolute Gasteiger partial charge is 0.315 e. The van der Waals surface area contributed by atoms with E-state index in [1.54, 1.807) is 12.1 Å². The fourth-order valence-corrected chi connectivity index (χ4v) is 2.27. The zero-order valence-corrected chi connectivity index (χ0v) is 15.2. The van der Waals surface area contributed by atoms with Crippen LogP contribution in [0.3, 0.4) is 0 Å². The van der Waals surface area contributed by atoms with Crippen molar-refractivity contribution in [1.29, 1.82) is 0 Å². The lowest BCUT2D eigenvalue weighted by molar-refractivity contribution is -0.115. The van der Waals surface area contributed by atoms with Gasteiger partial charge in [0.05, 0.1) is 6.54 Å². The first-order chi connectivity index (χ1) is 12.2. The summed E-state index contributed by atoms with van der Waals surface area (Å²) in [4.78, 5) is 23.6. The van der Waals surface area contributed by atoms with Crippen molar-refractivity contribution in [3.8, 4) is 0 Å². The number of halogens is 1. The standard InChI is InChI=1S/C20H24FN3O2/c1-20(2,3)15-6-10-17(11-7-15)24-18(25)13-23-19(26)22-12-14-4-8-16(21)9-5-14/h4-11H,12-13H2,1-3H3,(H,24,25)(H2,22,23,26). The van der Waals surface area contributed by atoms with Crippen LogP contribution in [-0.4, -0.2) is 18.5 Å². The molecule has 0 saturated carbocycles. The normalized spacial score (nSPS) is 10.9. The van der Waals surface area contributed by atoms with Gasteiger partial charge < -0.3 is 16.0 Å². The Kier molecular flexibility index (Phi) is 6.33. The predicted octanol–water partition coefficient (Wildman–Crippen LogP) is 3.56. The Morgan fingerprint density at radius 2 is 1.54 bits per heavy atom. The zero-order chi connectivity index (χ0) is 19.2. The lowest BCUT2D eigenvalue weighted by Crippen LogP contribution is -2.39. The van der Waals surface area contributed by atoms with E-state index < -0.39 is 6.03 Å². The van der Waals surface area contributed by atoms with Gasteiger partial charge in [-0.3, -0.25) is 4.79 Å². The zero-order valence-electron chi connectivity index (χ0n) is 15.2. The van der Waals surface area contributed by atoms with Gasteiger partial charge in [-0.05, 0) is 40.8 Å². The molecule has 0 bridgehead atoms. The van der Waals surface area contributed by atoms with Crippen LogP contribution in [0.5, 0.6) is 0 Å². The SMILES string of the molecule is CC(C)(C)c1ccc(NC(=O)CNC(=O)NCc2ccc(F)cc2)cc1. The summed E-state index contributed by atoms with van der Waals surface area (Å²) in [6.45, 7) is 6.47. The maximum Gasteiger partial charge on any atom is 0.315 e. The van der Waals surface area contributed by atoms with E-state index in [4.69, 9.17) is 0 Å². The summed E-state index contributed by atoms with van der Waals surface area (Å²) < 4.78 is 12.8. The molecule has 26 heavy (non-hydrogen) atoms. The first-order valence-electron chi connectivity index (χ1n) is 8.40. The summed E-state index contributed by atoms with van der Waals surface area (Å²) in [5.41, 5.74) is 2.67. The van der Waals surface area contributed by atoms with Crippen molar-refractivity contribution >= 4 is 17.6 Å². The molecule has 0 aliphatic rings. The van der Waals surface area contributed by atoms with Crippen LogP contribution < -0.4 is 16.0 Å². The maximum atomic E-state index is 12.8. The van der Waals surface area contributed by atoms with Gasteiger partial charge in [0.25, 0.3) is 0 Å². The molecule has 0 aliphatic heterocycles. The summed E-state index contributed by atoms with van der Waals surface area (Å²) in [5, 5.41) is 7.83. The average Bonchev–Trinajstić information content (AvgIpc) is 2.59. The molecule has 0 spiro atoms. The molecule has 2 aromatic rings. The monoisotopic (exact) mass is 357 g/mol. The summed E-state index contributed by atoms with van der Waals surface area (Å²) in [5.74, 6) is -0.643.